The standard InChI is InChI=1S/C14H24N2O4S/c1-4-16(21(3,18)19)9-5-8-15-11-12-10-13(20-2)6-7-14(12)17/h6-7,10,15,17H,4-5,8-9,11H2,1-3H3. The van der Waals surface area contributed by atoms with Gasteiger partial charge in [0.25, 0.3) is 0 Å². The van der Waals surface area contributed by atoms with E-state index < -0.39 is 10.0 Å². The molecular weight excluding hydrogens is 292 g/mol. The van der Waals surface area contributed by atoms with E-state index in [4.69, 9.17) is 4.74 Å². The summed E-state index contributed by atoms with van der Waals surface area (Å²) in [6.07, 6.45) is 1.93. The Kier molecular flexibility index (Phi) is 6.94. The number of sulfonamides is 1. The Morgan fingerprint density at radius 1 is 1.38 bits per heavy atom. The molecule has 21 heavy (non-hydrogen) atoms. The Bertz CT molecular complexity index is 546. The van der Waals surface area contributed by atoms with Crippen LogP contribution in [0.5, 0.6) is 11.5 Å². The second-order valence-corrected chi connectivity index (χ2v) is 6.76. The molecule has 0 radical (unpaired) electrons. The molecule has 1 aromatic carbocycles. The minimum Gasteiger partial charge on any atom is -0.508 e. The topological polar surface area (TPSA) is 78.9 Å². The zero-order chi connectivity index (χ0) is 15.9. The van der Waals surface area contributed by atoms with Gasteiger partial charge < -0.3 is 15.2 Å². The normalized spacial score (nSPS) is 11.8. The van der Waals surface area contributed by atoms with Gasteiger partial charge in [-0.05, 0) is 31.2 Å². The Morgan fingerprint density at radius 2 is 2.10 bits per heavy atom. The Labute approximate surface area is 126 Å². The largest absolute Gasteiger partial charge is 0.508 e. The number of phenols is 1. The molecule has 120 valence electrons. The van der Waals surface area contributed by atoms with E-state index in [-0.39, 0.29) is 5.75 Å². The van der Waals surface area contributed by atoms with Crippen LogP contribution in [0.25, 0.3) is 0 Å². The number of rotatable bonds is 9. The summed E-state index contributed by atoms with van der Waals surface area (Å²) in [5, 5.41) is 12.9. The fraction of sp³-hybridized carbons (Fsp3) is 0.571. The number of nitrogens with zero attached hydrogens (tertiary/aromatic N) is 1. The summed E-state index contributed by atoms with van der Waals surface area (Å²) in [6.45, 7) is 3.97. The molecule has 0 aromatic heterocycles. The highest BCUT2D eigenvalue weighted by molar-refractivity contribution is 7.88. The molecule has 0 atom stereocenters. The molecule has 2 N–H and O–H groups in total. The first-order valence-electron chi connectivity index (χ1n) is 6.90. The number of methoxy groups -OCH3 is 1. The van der Waals surface area contributed by atoms with E-state index in [9.17, 15) is 13.5 Å². The van der Waals surface area contributed by atoms with Crippen molar-refractivity contribution in [2.45, 2.75) is 19.9 Å². The maximum Gasteiger partial charge on any atom is 0.211 e. The molecule has 0 aliphatic carbocycles. The maximum atomic E-state index is 11.4. The van der Waals surface area contributed by atoms with E-state index in [1.807, 2.05) is 6.92 Å². The minimum absolute atomic E-state index is 0.217. The Morgan fingerprint density at radius 3 is 2.67 bits per heavy atom. The second kappa shape index (κ2) is 8.21. The van der Waals surface area contributed by atoms with Crippen molar-refractivity contribution in [2.75, 3.05) is 33.0 Å². The number of ether oxygens (including phenoxy) is 1. The van der Waals surface area contributed by atoms with Gasteiger partial charge in [-0.15, -0.1) is 0 Å². The number of benzene rings is 1. The molecule has 0 heterocycles. The van der Waals surface area contributed by atoms with Gasteiger partial charge in [-0.2, -0.15) is 0 Å². The van der Waals surface area contributed by atoms with Crippen LogP contribution in [0, 0.1) is 0 Å². The molecule has 0 saturated heterocycles. The smallest absolute Gasteiger partial charge is 0.211 e. The fourth-order valence-corrected chi connectivity index (χ4v) is 2.92. The minimum atomic E-state index is -3.12. The first-order valence-corrected chi connectivity index (χ1v) is 8.75. The summed E-state index contributed by atoms with van der Waals surface area (Å²) in [6, 6.07) is 5.07. The van der Waals surface area contributed by atoms with Gasteiger partial charge in [0.15, 0.2) is 0 Å². The summed E-state index contributed by atoms with van der Waals surface area (Å²) < 4.78 is 29.4. The van der Waals surface area contributed by atoms with Crippen LogP contribution in [0.4, 0.5) is 0 Å². The highest BCUT2D eigenvalue weighted by Gasteiger charge is 2.13. The average molecular weight is 316 g/mol. The molecule has 7 heteroatoms. The van der Waals surface area contributed by atoms with Crippen LogP contribution in [0.1, 0.15) is 18.9 Å². The predicted molar refractivity (Wildman–Crippen MR) is 83.1 cm³/mol. The molecule has 1 aromatic rings. The highest BCUT2D eigenvalue weighted by Crippen LogP contribution is 2.22. The third-order valence-electron chi connectivity index (χ3n) is 3.18. The maximum absolute atomic E-state index is 11.4. The van der Waals surface area contributed by atoms with E-state index in [1.54, 1.807) is 25.3 Å². The van der Waals surface area contributed by atoms with E-state index >= 15 is 0 Å². The van der Waals surface area contributed by atoms with Gasteiger partial charge in [0.05, 0.1) is 13.4 Å². The number of nitrogens with one attached hydrogen (secondary N) is 1. The van der Waals surface area contributed by atoms with Gasteiger partial charge in [-0.1, -0.05) is 6.92 Å². The van der Waals surface area contributed by atoms with Crippen LogP contribution >= 0.6 is 0 Å². The van der Waals surface area contributed by atoms with Crippen molar-refractivity contribution in [1.29, 1.82) is 0 Å². The lowest BCUT2D eigenvalue weighted by Gasteiger charge is -2.17. The van der Waals surface area contributed by atoms with Crippen molar-refractivity contribution in [2.24, 2.45) is 0 Å². The lowest BCUT2D eigenvalue weighted by Crippen LogP contribution is -2.32. The number of aromatic hydroxyl groups is 1. The summed E-state index contributed by atoms with van der Waals surface area (Å²) in [4.78, 5) is 0. The summed E-state index contributed by atoms with van der Waals surface area (Å²) in [5.41, 5.74) is 0.754. The van der Waals surface area contributed by atoms with Crippen molar-refractivity contribution in [3.63, 3.8) is 0 Å². The van der Waals surface area contributed by atoms with Crippen molar-refractivity contribution in [1.82, 2.24) is 9.62 Å². The van der Waals surface area contributed by atoms with Crippen LogP contribution in [-0.2, 0) is 16.6 Å². The quantitative estimate of drug-likeness (QED) is 0.669. The molecule has 0 bridgehead atoms. The van der Waals surface area contributed by atoms with Crippen LogP contribution in [0.2, 0.25) is 0 Å². The molecule has 0 aliphatic heterocycles. The van der Waals surface area contributed by atoms with Crippen LogP contribution in [0.15, 0.2) is 18.2 Å². The first kappa shape index (κ1) is 17.7. The molecule has 0 amide bonds. The van der Waals surface area contributed by atoms with Gasteiger partial charge in [0.1, 0.15) is 11.5 Å². The van der Waals surface area contributed by atoms with Crippen LogP contribution < -0.4 is 10.1 Å². The van der Waals surface area contributed by atoms with Gasteiger partial charge in [-0.3, -0.25) is 0 Å². The molecule has 0 saturated carbocycles. The van der Waals surface area contributed by atoms with Crippen molar-refractivity contribution < 1.29 is 18.3 Å². The molecular formula is C14H24N2O4S. The molecule has 0 unspecified atom stereocenters. The van der Waals surface area contributed by atoms with Crippen molar-refractivity contribution in [3.05, 3.63) is 23.8 Å². The summed E-state index contributed by atoms with van der Waals surface area (Å²) in [5.74, 6) is 0.911. The Balaban J connectivity index is 2.38. The zero-order valence-corrected chi connectivity index (χ0v) is 13.6. The first-order chi connectivity index (χ1) is 9.88. The van der Waals surface area contributed by atoms with Gasteiger partial charge >= 0.3 is 0 Å². The lowest BCUT2D eigenvalue weighted by molar-refractivity contribution is 0.408. The lowest BCUT2D eigenvalue weighted by atomic mass is 10.2. The van der Waals surface area contributed by atoms with E-state index in [1.165, 1.54) is 10.6 Å². The van der Waals surface area contributed by atoms with Gasteiger partial charge in [0, 0.05) is 25.2 Å². The average Bonchev–Trinajstić information content (AvgIpc) is 2.43. The number of hydrogen-bond acceptors (Lipinski definition) is 5. The Hall–Kier alpha value is -1.31. The molecule has 6 nitrogen and oxygen atoms in total. The van der Waals surface area contributed by atoms with Crippen LogP contribution in [0.3, 0.4) is 0 Å². The summed E-state index contributed by atoms with van der Waals surface area (Å²) >= 11 is 0. The number of phenolic OH excluding ortho intramolecular Hbond substituents is 1. The highest BCUT2D eigenvalue weighted by atomic mass is 32.2. The second-order valence-electron chi connectivity index (χ2n) is 4.78. The van der Waals surface area contributed by atoms with E-state index in [2.05, 4.69) is 5.32 Å². The van der Waals surface area contributed by atoms with Crippen LogP contribution in [-0.4, -0.2) is 50.8 Å². The fourth-order valence-electron chi connectivity index (χ4n) is 1.99. The molecule has 0 spiro atoms. The molecule has 0 fully saturated rings. The third kappa shape index (κ3) is 5.91. The monoisotopic (exact) mass is 316 g/mol. The van der Waals surface area contributed by atoms with Crippen molar-refractivity contribution >= 4 is 10.0 Å². The third-order valence-corrected chi connectivity index (χ3v) is 4.56. The van der Waals surface area contributed by atoms with Gasteiger partial charge in [0.2, 0.25) is 10.0 Å². The summed E-state index contributed by atoms with van der Waals surface area (Å²) in [7, 11) is -1.54. The van der Waals surface area contributed by atoms with Gasteiger partial charge in [-0.25, -0.2) is 12.7 Å². The molecule has 0 aliphatic rings. The number of hydrogen-bond donors (Lipinski definition) is 2. The van der Waals surface area contributed by atoms with Crippen molar-refractivity contribution in [3.8, 4) is 11.5 Å². The van der Waals surface area contributed by atoms with E-state index in [0.717, 1.165) is 5.56 Å². The molecule has 1 rings (SSSR count). The predicted octanol–water partition coefficient (Wildman–Crippen LogP) is 1.16. The zero-order valence-electron chi connectivity index (χ0n) is 12.8. The van der Waals surface area contributed by atoms with E-state index in [0.29, 0.717) is 38.3 Å². The SMILES string of the molecule is CCN(CCCNCc1cc(OC)ccc1O)S(C)(=O)=O.